The molecule has 3 aromatic carbocycles. The smallest absolute Gasteiger partial charge is 0.410 e. The highest BCUT2D eigenvalue weighted by molar-refractivity contribution is 5.70. The summed E-state index contributed by atoms with van der Waals surface area (Å²) in [6, 6.07) is 20.6. The van der Waals surface area contributed by atoms with Crippen LogP contribution in [0.4, 0.5) is 16.2 Å². The number of unbranched alkanes of at least 4 members (excludes halogenated alkanes) is 3. The van der Waals surface area contributed by atoms with Crippen LogP contribution in [0.25, 0.3) is 0 Å². The quantitative estimate of drug-likeness (QED) is 0.0854. The lowest BCUT2D eigenvalue weighted by molar-refractivity contribution is -0.384. The number of nitro benzene ring substituents is 1. The monoisotopic (exact) mass is 627 g/mol. The Hall–Kier alpha value is -4.59. The molecule has 1 atom stereocenters. The SMILES string of the molecule is CC1(C)OCc2cc([C@@H]3CN(CCCCCCOCCC#Cc4ccc(NCc5ccccc5)c([N+](=O)[O-])c4)C(=O)O3)ccc2O1. The molecule has 1 amide bonds. The molecule has 0 saturated carbocycles. The summed E-state index contributed by atoms with van der Waals surface area (Å²) >= 11 is 0. The van der Waals surface area contributed by atoms with Crippen LogP contribution in [-0.4, -0.2) is 48.0 Å². The van der Waals surface area contributed by atoms with E-state index >= 15 is 0 Å². The highest BCUT2D eigenvalue weighted by atomic mass is 16.7. The number of cyclic esters (lactones) is 1. The van der Waals surface area contributed by atoms with Gasteiger partial charge in [-0.15, -0.1) is 0 Å². The molecule has 2 heterocycles. The molecule has 10 heteroatoms. The molecule has 0 aliphatic carbocycles. The molecular formula is C36H41N3O7. The second kappa shape index (κ2) is 15.6. The number of hydrogen-bond donors (Lipinski definition) is 1. The summed E-state index contributed by atoms with van der Waals surface area (Å²) in [6.07, 6.45) is 3.82. The molecule has 0 aromatic heterocycles. The summed E-state index contributed by atoms with van der Waals surface area (Å²) in [5.74, 6) is 6.21. The van der Waals surface area contributed by atoms with Gasteiger partial charge < -0.3 is 29.2 Å². The number of rotatable bonds is 14. The first-order valence-corrected chi connectivity index (χ1v) is 15.8. The minimum Gasteiger partial charge on any atom is -0.463 e. The predicted octanol–water partition coefficient (Wildman–Crippen LogP) is 7.36. The molecule has 2 aliphatic rings. The maximum atomic E-state index is 12.4. The van der Waals surface area contributed by atoms with Gasteiger partial charge in [-0.2, -0.15) is 0 Å². The van der Waals surface area contributed by atoms with E-state index in [0.29, 0.717) is 57.1 Å². The van der Waals surface area contributed by atoms with Crippen molar-refractivity contribution >= 4 is 17.5 Å². The van der Waals surface area contributed by atoms with Crippen molar-refractivity contribution in [2.75, 3.05) is 31.6 Å². The summed E-state index contributed by atoms with van der Waals surface area (Å²) in [7, 11) is 0. The number of nitrogens with one attached hydrogen (secondary N) is 1. The average Bonchev–Trinajstić information content (AvgIpc) is 3.42. The Balaban J connectivity index is 0.939. The summed E-state index contributed by atoms with van der Waals surface area (Å²) in [5, 5.41) is 14.7. The van der Waals surface area contributed by atoms with Gasteiger partial charge in [0, 0.05) is 57.2 Å². The molecule has 1 N–H and O–H groups in total. The van der Waals surface area contributed by atoms with Crippen LogP contribution in [0.5, 0.6) is 5.75 Å². The first kappa shape index (κ1) is 32.8. The Morgan fingerprint density at radius 3 is 2.70 bits per heavy atom. The van der Waals surface area contributed by atoms with Crippen LogP contribution >= 0.6 is 0 Å². The standard InChI is InChI=1S/C36H41N3O7/c1-36(2)44-26-30-23-29(16-18-33(30)46-36)34-25-38(35(40)45-34)19-9-3-4-10-20-43-21-11-8-12-27-15-17-31(32(22-27)39(41)42)37-24-28-13-6-5-7-14-28/h5-7,13-18,22-23,34,37H,3-4,9-11,19-21,24-26H2,1-2H3/t34-/m0/s1. The number of hydrogen-bond acceptors (Lipinski definition) is 8. The zero-order valence-corrected chi connectivity index (χ0v) is 26.5. The van der Waals surface area contributed by atoms with E-state index < -0.39 is 10.7 Å². The van der Waals surface area contributed by atoms with Crippen LogP contribution in [0, 0.1) is 22.0 Å². The molecular weight excluding hydrogens is 586 g/mol. The summed E-state index contributed by atoms with van der Waals surface area (Å²) in [6.45, 7) is 7.09. The van der Waals surface area contributed by atoms with Crippen molar-refractivity contribution in [2.24, 2.45) is 0 Å². The van der Waals surface area contributed by atoms with E-state index in [1.54, 1.807) is 17.0 Å². The molecule has 5 rings (SSSR count). The Kier molecular flexibility index (Phi) is 11.1. The second-order valence-electron chi connectivity index (χ2n) is 11.9. The van der Waals surface area contributed by atoms with Gasteiger partial charge in [0.2, 0.25) is 5.79 Å². The van der Waals surface area contributed by atoms with Crippen LogP contribution in [0.15, 0.2) is 66.7 Å². The van der Waals surface area contributed by atoms with Gasteiger partial charge in [0.15, 0.2) is 0 Å². The van der Waals surface area contributed by atoms with E-state index in [2.05, 4.69) is 17.2 Å². The van der Waals surface area contributed by atoms with Crippen molar-refractivity contribution in [3.63, 3.8) is 0 Å². The third-order valence-corrected chi connectivity index (χ3v) is 7.87. The largest absolute Gasteiger partial charge is 0.463 e. The number of anilines is 1. The van der Waals surface area contributed by atoms with E-state index in [9.17, 15) is 14.9 Å². The normalized spacial score (nSPS) is 16.5. The highest BCUT2D eigenvalue weighted by Gasteiger charge is 2.33. The molecule has 0 spiro atoms. The van der Waals surface area contributed by atoms with E-state index in [1.807, 2.05) is 62.4 Å². The third-order valence-electron chi connectivity index (χ3n) is 7.87. The minimum absolute atomic E-state index is 0.00478. The van der Waals surface area contributed by atoms with E-state index in [-0.39, 0.29) is 17.9 Å². The van der Waals surface area contributed by atoms with Crippen molar-refractivity contribution in [3.8, 4) is 17.6 Å². The fourth-order valence-electron chi connectivity index (χ4n) is 5.38. The summed E-state index contributed by atoms with van der Waals surface area (Å²) in [4.78, 5) is 25.4. The van der Waals surface area contributed by atoms with Crippen molar-refractivity contribution in [2.45, 2.75) is 71.0 Å². The van der Waals surface area contributed by atoms with Gasteiger partial charge in [-0.3, -0.25) is 10.1 Å². The molecule has 10 nitrogen and oxygen atoms in total. The number of carbonyl (C=O) groups excluding carboxylic acids is 1. The van der Waals surface area contributed by atoms with Crippen molar-refractivity contribution in [3.05, 3.63) is 99.1 Å². The molecule has 1 fully saturated rings. The van der Waals surface area contributed by atoms with Gasteiger partial charge in [-0.25, -0.2) is 4.79 Å². The molecule has 1 saturated heterocycles. The van der Waals surface area contributed by atoms with Crippen molar-refractivity contribution in [1.82, 2.24) is 4.90 Å². The number of carbonyl (C=O) groups is 1. The Morgan fingerprint density at radius 1 is 1.04 bits per heavy atom. The zero-order valence-electron chi connectivity index (χ0n) is 26.5. The lowest BCUT2D eigenvalue weighted by Crippen LogP contribution is -2.35. The Labute approximate surface area is 270 Å². The van der Waals surface area contributed by atoms with Crippen LogP contribution in [0.2, 0.25) is 0 Å². The van der Waals surface area contributed by atoms with Crippen molar-refractivity contribution in [1.29, 1.82) is 0 Å². The predicted molar refractivity (Wildman–Crippen MR) is 174 cm³/mol. The number of amides is 1. The first-order chi connectivity index (χ1) is 22.3. The lowest BCUT2D eigenvalue weighted by Gasteiger charge is -2.32. The fourth-order valence-corrected chi connectivity index (χ4v) is 5.38. The van der Waals surface area contributed by atoms with E-state index in [1.165, 1.54) is 6.07 Å². The summed E-state index contributed by atoms with van der Waals surface area (Å²) in [5.41, 5.74) is 4.03. The molecule has 242 valence electrons. The topological polar surface area (TPSA) is 112 Å². The van der Waals surface area contributed by atoms with Gasteiger partial charge in [0.05, 0.1) is 24.7 Å². The highest BCUT2D eigenvalue weighted by Crippen LogP contribution is 2.35. The number of nitrogens with zero attached hydrogens (tertiary/aromatic N) is 2. The first-order valence-electron chi connectivity index (χ1n) is 15.8. The molecule has 0 unspecified atom stereocenters. The van der Waals surface area contributed by atoms with E-state index in [0.717, 1.165) is 48.1 Å². The maximum Gasteiger partial charge on any atom is 0.410 e. The molecule has 0 radical (unpaired) electrons. The molecule has 0 bridgehead atoms. The minimum atomic E-state index is -0.643. The van der Waals surface area contributed by atoms with E-state index in [4.69, 9.17) is 18.9 Å². The van der Waals surface area contributed by atoms with Crippen LogP contribution in [0.3, 0.4) is 0 Å². The van der Waals surface area contributed by atoms with Gasteiger partial charge in [-0.05, 0) is 48.2 Å². The summed E-state index contributed by atoms with van der Waals surface area (Å²) < 4.78 is 23.0. The van der Waals surface area contributed by atoms with Gasteiger partial charge in [-0.1, -0.05) is 61.1 Å². The van der Waals surface area contributed by atoms with Crippen LogP contribution < -0.4 is 10.1 Å². The van der Waals surface area contributed by atoms with Crippen LogP contribution in [0.1, 0.15) is 74.3 Å². The van der Waals surface area contributed by atoms with Gasteiger partial charge >= 0.3 is 6.09 Å². The zero-order chi connectivity index (χ0) is 32.4. The molecule has 3 aromatic rings. The number of ether oxygens (including phenoxy) is 4. The maximum absolute atomic E-state index is 12.4. The molecule has 46 heavy (non-hydrogen) atoms. The number of fused-ring (bicyclic) bond motifs is 1. The lowest BCUT2D eigenvalue weighted by atomic mass is 10.0. The van der Waals surface area contributed by atoms with Crippen LogP contribution in [-0.2, 0) is 27.4 Å². The second-order valence-corrected chi connectivity index (χ2v) is 11.9. The Morgan fingerprint density at radius 2 is 1.87 bits per heavy atom. The third kappa shape index (κ3) is 9.22. The average molecular weight is 628 g/mol. The fraction of sp³-hybridized carbons (Fsp3) is 0.417. The number of nitro groups is 1. The Bertz CT molecular complexity index is 1560. The molecule has 2 aliphatic heterocycles. The van der Waals surface area contributed by atoms with Crippen molar-refractivity contribution < 1.29 is 28.7 Å². The van der Waals surface area contributed by atoms with Gasteiger partial charge in [0.1, 0.15) is 17.5 Å². The van der Waals surface area contributed by atoms with Gasteiger partial charge in [0.25, 0.3) is 5.69 Å². The number of benzene rings is 3.